The lowest BCUT2D eigenvalue weighted by Crippen LogP contribution is -2.28. The maximum Gasteiger partial charge on any atom is 0.326 e. The third-order valence-electron chi connectivity index (χ3n) is 4.36. The Morgan fingerprint density at radius 3 is 2.44 bits per heavy atom. The van der Waals surface area contributed by atoms with Gasteiger partial charge in [-0.1, -0.05) is 45.0 Å². The fourth-order valence-electron chi connectivity index (χ4n) is 2.70. The molecule has 0 radical (unpaired) electrons. The number of rotatable bonds is 3. The summed E-state index contributed by atoms with van der Waals surface area (Å²) in [4.78, 5) is 28.9. The molecule has 0 aliphatic heterocycles. The Bertz CT molecular complexity index is 994. The van der Waals surface area contributed by atoms with E-state index in [4.69, 9.17) is 0 Å². The van der Waals surface area contributed by atoms with Crippen LogP contribution in [0.3, 0.4) is 0 Å². The molecule has 0 saturated carbocycles. The van der Waals surface area contributed by atoms with Crippen molar-refractivity contribution < 1.29 is 9.90 Å². The molecule has 5 nitrogen and oxygen atoms in total. The maximum absolute atomic E-state index is 12.8. The van der Waals surface area contributed by atoms with E-state index < -0.39 is 12.0 Å². The first kappa shape index (κ1) is 17.4. The normalized spacial score (nSPS) is 13.1. The molecule has 1 atom stereocenters. The summed E-state index contributed by atoms with van der Waals surface area (Å²) in [6, 6.07) is 7.17. The zero-order chi connectivity index (χ0) is 18.4. The summed E-state index contributed by atoms with van der Waals surface area (Å²) >= 11 is 1.39. The van der Waals surface area contributed by atoms with Crippen LogP contribution in [-0.4, -0.2) is 20.6 Å². The van der Waals surface area contributed by atoms with Crippen LogP contribution >= 0.6 is 11.3 Å². The van der Waals surface area contributed by atoms with Gasteiger partial charge in [0.15, 0.2) is 0 Å². The molecule has 6 heteroatoms. The zero-order valence-corrected chi connectivity index (χ0v) is 15.4. The van der Waals surface area contributed by atoms with Crippen LogP contribution in [0.5, 0.6) is 0 Å². The van der Waals surface area contributed by atoms with Gasteiger partial charge in [-0.2, -0.15) is 0 Å². The molecule has 0 aliphatic rings. The van der Waals surface area contributed by atoms with Crippen LogP contribution < -0.4 is 5.56 Å². The Balaban J connectivity index is 2.16. The molecule has 130 valence electrons. The van der Waals surface area contributed by atoms with Gasteiger partial charge in [-0.25, -0.2) is 9.78 Å². The van der Waals surface area contributed by atoms with Gasteiger partial charge < -0.3 is 5.11 Å². The van der Waals surface area contributed by atoms with Crippen LogP contribution in [-0.2, 0) is 10.2 Å². The predicted octanol–water partition coefficient (Wildman–Crippen LogP) is 4.07. The molecule has 0 aliphatic carbocycles. The lowest BCUT2D eigenvalue weighted by atomic mass is 9.86. The van der Waals surface area contributed by atoms with Crippen LogP contribution in [0, 0.1) is 0 Å². The smallest absolute Gasteiger partial charge is 0.326 e. The van der Waals surface area contributed by atoms with Gasteiger partial charge >= 0.3 is 5.97 Å². The molecular weight excluding hydrogens is 336 g/mol. The molecular formula is C19H20N2O3S. The Labute approximate surface area is 149 Å². The number of benzene rings is 1. The minimum absolute atomic E-state index is 0.0560. The highest BCUT2D eigenvalue weighted by Gasteiger charge is 2.20. The van der Waals surface area contributed by atoms with Gasteiger partial charge in [0, 0.05) is 10.9 Å². The highest BCUT2D eigenvalue weighted by atomic mass is 32.1. The number of hydrogen-bond donors (Lipinski definition) is 1. The lowest BCUT2D eigenvalue weighted by molar-refractivity contribution is -0.140. The number of hydrogen-bond acceptors (Lipinski definition) is 4. The van der Waals surface area contributed by atoms with Crippen molar-refractivity contribution in [2.45, 2.75) is 39.2 Å². The highest BCUT2D eigenvalue weighted by Crippen LogP contribution is 2.32. The van der Waals surface area contributed by atoms with Crippen molar-refractivity contribution in [2.24, 2.45) is 0 Å². The molecule has 0 bridgehead atoms. The molecule has 0 amide bonds. The van der Waals surface area contributed by atoms with E-state index in [-0.39, 0.29) is 11.0 Å². The van der Waals surface area contributed by atoms with Crippen molar-refractivity contribution in [3.05, 3.63) is 51.9 Å². The summed E-state index contributed by atoms with van der Waals surface area (Å²) in [5, 5.41) is 11.6. The Morgan fingerprint density at radius 2 is 1.88 bits per heavy atom. The van der Waals surface area contributed by atoms with Crippen LogP contribution in [0.2, 0.25) is 0 Å². The summed E-state index contributed by atoms with van der Waals surface area (Å²) in [5.41, 5.74) is 2.67. The summed E-state index contributed by atoms with van der Waals surface area (Å²) in [5.74, 6) is -1.06. The number of fused-ring (bicyclic) bond motifs is 1. The molecule has 0 fully saturated rings. The minimum Gasteiger partial charge on any atom is -0.480 e. The SMILES string of the molecule is CC(C(=O)O)n1cnc2scc(-c3ccc(C(C)(C)C)cc3)c2c1=O. The van der Waals surface area contributed by atoms with Gasteiger partial charge in [0.05, 0.1) is 11.7 Å². The standard InChI is InChI=1S/C19H20N2O3S/c1-11(18(23)24)21-10-20-16-15(17(21)22)14(9-25-16)12-5-7-13(8-6-12)19(2,3)4/h5-11H,1-4H3,(H,23,24). The zero-order valence-electron chi connectivity index (χ0n) is 14.6. The second-order valence-corrected chi connectivity index (χ2v) is 7.99. The molecule has 0 spiro atoms. The van der Waals surface area contributed by atoms with E-state index in [0.717, 1.165) is 11.1 Å². The minimum atomic E-state index is -1.06. The molecule has 2 aromatic heterocycles. The molecule has 1 N–H and O–H groups in total. The Hall–Kier alpha value is -2.47. The van der Waals surface area contributed by atoms with Gasteiger partial charge in [0.2, 0.25) is 0 Å². The number of carboxylic acid groups (broad SMARTS) is 1. The number of aliphatic carboxylic acids is 1. The maximum atomic E-state index is 12.8. The highest BCUT2D eigenvalue weighted by molar-refractivity contribution is 7.17. The summed E-state index contributed by atoms with van der Waals surface area (Å²) in [6.45, 7) is 7.93. The average Bonchev–Trinajstić information content (AvgIpc) is 2.99. The third-order valence-corrected chi connectivity index (χ3v) is 5.24. The van der Waals surface area contributed by atoms with Crippen molar-refractivity contribution in [2.75, 3.05) is 0 Å². The van der Waals surface area contributed by atoms with Crippen LogP contribution in [0.25, 0.3) is 21.3 Å². The van der Waals surface area contributed by atoms with Crippen molar-refractivity contribution in [1.29, 1.82) is 0 Å². The molecule has 3 rings (SSSR count). The first-order valence-corrected chi connectivity index (χ1v) is 8.90. The summed E-state index contributed by atoms with van der Waals surface area (Å²) < 4.78 is 1.17. The van der Waals surface area contributed by atoms with Crippen LogP contribution in [0.15, 0.2) is 40.8 Å². The van der Waals surface area contributed by atoms with Gasteiger partial charge in [-0.3, -0.25) is 9.36 Å². The van der Waals surface area contributed by atoms with Crippen molar-refractivity contribution in [1.82, 2.24) is 9.55 Å². The van der Waals surface area contributed by atoms with E-state index in [2.05, 4.69) is 37.9 Å². The second-order valence-electron chi connectivity index (χ2n) is 7.13. The average molecular weight is 356 g/mol. The van der Waals surface area contributed by atoms with Crippen molar-refractivity contribution in [3.8, 4) is 11.1 Å². The van der Waals surface area contributed by atoms with Gasteiger partial charge in [0.25, 0.3) is 5.56 Å². The van der Waals surface area contributed by atoms with E-state index in [9.17, 15) is 14.7 Å². The summed E-state index contributed by atoms with van der Waals surface area (Å²) in [6.07, 6.45) is 1.31. The lowest BCUT2D eigenvalue weighted by Gasteiger charge is -2.19. The second kappa shape index (κ2) is 6.11. The first-order valence-electron chi connectivity index (χ1n) is 8.02. The number of nitrogens with zero attached hydrogens (tertiary/aromatic N) is 2. The molecule has 1 aromatic carbocycles. The topological polar surface area (TPSA) is 72.2 Å². The molecule has 0 saturated heterocycles. The first-order chi connectivity index (χ1) is 11.7. The number of carboxylic acids is 1. The van der Waals surface area contributed by atoms with Gasteiger partial charge in [-0.15, -0.1) is 11.3 Å². The van der Waals surface area contributed by atoms with Crippen LogP contribution in [0.1, 0.15) is 39.3 Å². The van der Waals surface area contributed by atoms with E-state index in [1.54, 1.807) is 0 Å². The molecule has 25 heavy (non-hydrogen) atoms. The van der Waals surface area contributed by atoms with Gasteiger partial charge in [-0.05, 0) is 23.5 Å². The monoisotopic (exact) mass is 356 g/mol. The Morgan fingerprint density at radius 1 is 1.24 bits per heavy atom. The quantitative estimate of drug-likeness (QED) is 0.768. The van der Waals surface area contributed by atoms with Crippen LogP contribution in [0.4, 0.5) is 0 Å². The third kappa shape index (κ3) is 3.09. The van der Waals surface area contributed by atoms with E-state index in [1.807, 2.05) is 17.5 Å². The number of thiophene rings is 1. The molecule has 3 aromatic rings. The Kier molecular flexibility index (Phi) is 4.24. The largest absolute Gasteiger partial charge is 0.480 e. The molecule has 1 unspecified atom stereocenters. The van der Waals surface area contributed by atoms with E-state index in [1.165, 1.54) is 34.7 Å². The van der Waals surface area contributed by atoms with Crippen molar-refractivity contribution >= 4 is 27.5 Å². The fourth-order valence-corrected chi connectivity index (χ4v) is 3.61. The molecule has 2 heterocycles. The summed E-state index contributed by atoms with van der Waals surface area (Å²) in [7, 11) is 0. The van der Waals surface area contributed by atoms with E-state index >= 15 is 0 Å². The number of aromatic nitrogens is 2. The fraction of sp³-hybridized carbons (Fsp3) is 0.316. The predicted molar refractivity (Wildman–Crippen MR) is 100 cm³/mol. The van der Waals surface area contributed by atoms with Gasteiger partial charge in [0.1, 0.15) is 10.9 Å². The van der Waals surface area contributed by atoms with E-state index in [0.29, 0.717) is 10.2 Å². The number of carbonyl (C=O) groups is 1. The van der Waals surface area contributed by atoms with Crippen molar-refractivity contribution in [3.63, 3.8) is 0 Å².